The molecular formula is C13H21NO2. The van der Waals surface area contributed by atoms with Gasteiger partial charge < -0.3 is 15.2 Å². The maximum absolute atomic E-state index is 9.42. The molecule has 2 N–H and O–H groups in total. The Morgan fingerprint density at radius 1 is 1.31 bits per heavy atom. The molecule has 1 unspecified atom stereocenters. The molecule has 0 fully saturated rings. The average Bonchev–Trinajstić information content (AvgIpc) is 2.26. The summed E-state index contributed by atoms with van der Waals surface area (Å²) in [4.78, 5) is 0. The molecule has 3 heteroatoms. The smallest absolute Gasteiger partial charge is 0.0626 e. The Morgan fingerprint density at radius 2 is 1.94 bits per heavy atom. The van der Waals surface area contributed by atoms with Crippen molar-refractivity contribution in [1.82, 2.24) is 5.32 Å². The molecule has 1 aromatic rings. The maximum atomic E-state index is 9.42. The summed E-state index contributed by atoms with van der Waals surface area (Å²) in [5.74, 6) is 0. The highest BCUT2D eigenvalue weighted by Gasteiger charge is 2.13. The fraction of sp³-hybridized carbons (Fsp3) is 0.538. The highest BCUT2D eigenvalue weighted by atomic mass is 16.5. The van der Waals surface area contributed by atoms with Crippen LogP contribution < -0.4 is 5.32 Å². The van der Waals surface area contributed by atoms with Crippen LogP contribution in [0.2, 0.25) is 0 Å². The zero-order valence-corrected chi connectivity index (χ0v) is 10.3. The molecule has 0 aliphatic heterocycles. The molecule has 0 aliphatic rings. The van der Waals surface area contributed by atoms with Crippen molar-refractivity contribution in [2.24, 2.45) is 0 Å². The lowest BCUT2D eigenvalue weighted by Gasteiger charge is -2.20. The van der Waals surface area contributed by atoms with Gasteiger partial charge in [-0.2, -0.15) is 0 Å². The van der Waals surface area contributed by atoms with Crippen LogP contribution in [0, 0.1) is 13.8 Å². The summed E-state index contributed by atoms with van der Waals surface area (Å²) < 4.78 is 4.99. The van der Waals surface area contributed by atoms with Crippen molar-refractivity contribution in [3.8, 4) is 0 Å². The number of hydrogen-bond donors (Lipinski definition) is 2. The minimum absolute atomic E-state index is 0.00338. The Balaban J connectivity index is 2.78. The molecule has 0 spiro atoms. The van der Waals surface area contributed by atoms with Crippen molar-refractivity contribution in [3.63, 3.8) is 0 Å². The third kappa shape index (κ3) is 3.30. The minimum atomic E-state index is -0.00338. The lowest BCUT2D eigenvalue weighted by molar-refractivity contribution is 0.183. The molecule has 90 valence electrons. The van der Waals surface area contributed by atoms with Gasteiger partial charge in [-0.3, -0.25) is 0 Å². The Morgan fingerprint density at radius 3 is 2.44 bits per heavy atom. The molecule has 1 aromatic carbocycles. The lowest BCUT2D eigenvalue weighted by atomic mass is 9.96. The second-order valence-electron chi connectivity index (χ2n) is 3.99. The van der Waals surface area contributed by atoms with Crippen LogP contribution in [0.15, 0.2) is 18.2 Å². The van der Waals surface area contributed by atoms with Crippen molar-refractivity contribution in [2.75, 3.05) is 26.9 Å². The highest BCUT2D eigenvalue weighted by Crippen LogP contribution is 2.21. The van der Waals surface area contributed by atoms with E-state index in [0.717, 1.165) is 6.54 Å². The average molecular weight is 223 g/mol. The van der Waals surface area contributed by atoms with E-state index in [-0.39, 0.29) is 12.6 Å². The fourth-order valence-corrected chi connectivity index (χ4v) is 1.97. The minimum Gasteiger partial charge on any atom is -0.394 e. The van der Waals surface area contributed by atoms with Gasteiger partial charge in [-0.05, 0) is 30.5 Å². The summed E-state index contributed by atoms with van der Waals surface area (Å²) in [5.41, 5.74) is 3.62. The van der Waals surface area contributed by atoms with Crippen LogP contribution in [0.4, 0.5) is 0 Å². The Hall–Kier alpha value is -0.900. The molecule has 0 saturated carbocycles. The monoisotopic (exact) mass is 223 g/mol. The molecule has 3 nitrogen and oxygen atoms in total. The summed E-state index contributed by atoms with van der Waals surface area (Å²) >= 11 is 0. The molecule has 0 amide bonds. The standard InChI is InChI=1S/C13H21NO2/c1-10-5-4-6-11(2)13(10)12(9-15)14-7-8-16-3/h4-6,12,14-15H,7-9H2,1-3H3. The zero-order chi connectivity index (χ0) is 12.0. The van der Waals surface area contributed by atoms with Crippen molar-refractivity contribution in [3.05, 3.63) is 34.9 Å². The maximum Gasteiger partial charge on any atom is 0.0626 e. The van der Waals surface area contributed by atoms with E-state index in [2.05, 4.69) is 31.3 Å². The molecule has 0 radical (unpaired) electrons. The number of hydrogen-bond acceptors (Lipinski definition) is 3. The van der Waals surface area contributed by atoms with Gasteiger partial charge in [-0.1, -0.05) is 18.2 Å². The number of ether oxygens (including phenoxy) is 1. The van der Waals surface area contributed by atoms with E-state index in [0.29, 0.717) is 6.61 Å². The van der Waals surface area contributed by atoms with Crippen molar-refractivity contribution < 1.29 is 9.84 Å². The van der Waals surface area contributed by atoms with E-state index in [1.807, 2.05) is 6.07 Å². The number of aryl methyl sites for hydroxylation is 2. The number of aliphatic hydroxyl groups excluding tert-OH is 1. The van der Waals surface area contributed by atoms with E-state index in [9.17, 15) is 5.11 Å². The first-order valence-corrected chi connectivity index (χ1v) is 5.60. The van der Waals surface area contributed by atoms with Gasteiger partial charge in [0, 0.05) is 13.7 Å². The van der Waals surface area contributed by atoms with Crippen molar-refractivity contribution in [1.29, 1.82) is 0 Å². The van der Waals surface area contributed by atoms with Crippen molar-refractivity contribution >= 4 is 0 Å². The Labute approximate surface area is 97.4 Å². The molecule has 0 aromatic heterocycles. The highest BCUT2D eigenvalue weighted by molar-refractivity contribution is 5.36. The molecule has 0 aliphatic carbocycles. The number of aliphatic hydroxyl groups is 1. The van der Waals surface area contributed by atoms with Gasteiger partial charge in [-0.15, -0.1) is 0 Å². The summed E-state index contributed by atoms with van der Waals surface area (Å²) in [6, 6.07) is 6.18. The molecule has 0 bridgehead atoms. The molecule has 0 heterocycles. The van der Waals surface area contributed by atoms with Gasteiger partial charge in [0.25, 0.3) is 0 Å². The van der Waals surface area contributed by atoms with Crippen LogP contribution >= 0.6 is 0 Å². The quantitative estimate of drug-likeness (QED) is 0.719. The van der Waals surface area contributed by atoms with E-state index in [1.165, 1.54) is 16.7 Å². The Bertz CT molecular complexity index is 305. The predicted octanol–water partition coefficient (Wildman–Crippen LogP) is 1.57. The summed E-state index contributed by atoms with van der Waals surface area (Å²) in [5, 5.41) is 12.7. The van der Waals surface area contributed by atoms with Gasteiger partial charge in [0.1, 0.15) is 0 Å². The zero-order valence-electron chi connectivity index (χ0n) is 10.3. The summed E-state index contributed by atoms with van der Waals surface area (Å²) in [6.45, 7) is 5.65. The second-order valence-corrected chi connectivity index (χ2v) is 3.99. The van der Waals surface area contributed by atoms with Crippen LogP contribution in [0.1, 0.15) is 22.7 Å². The van der Waals surface area contributed by atoms with Crippen LogP contribution in [0.3, 0.4) is 0 Å². The molecular weight excluding hydrogens is 202 g/mol. The normalized spacial score (nSPS) is 12.8. The third-order valence-electron chi connectivity index (χ3n) is 2.77. The van der Waals surface area contributed by atoms with Crippen molar-refractivity contribution in [2.45, 2.75) is 19.9 Å². The van der Waals surface area contributed by atoms with Gasteiger partial charge >= 0.3 is 0 Å². The number of nitrogens with one attached hydrogen (secondary N) is 1. The predicted molar refractivity (Wildman–Crippen MR) is 65.6 cm³/mol. The number of rotatable bonds is 6. The van der Waals surface area contributed by atoms with Crippen LogP contribution in [0.5, 0.6) is 0 Å². The van der Waals surface area contributed by atoms with Gasteiger partial charge in [0.05, 0.1) is 19.3 Å². The van der Waals surface area contributed by atoms with E-state index >= 15 is 0 Å². The van der Waals surface area contributed by atoms with E-state index in [4.69, 9.17) is 4.74 Å². The van der Waals surface area contributed by atoms with E-state index in [1.54, 1.807) is 7.11 Å². The number of benzene rings is 1. The molecule has 0 saturated heterocycles. The molecule has 1 atom stereocenters. The second kappa shape index (κ2) is 6.63. The number of methoxy groups -OCH3 is 1. The lowest BCUT2D eigenvalue weighted by Crippen LogP contribution is -2.28. The Kier molecular flexibility index (Phi) is 5.46. The topological polar surface area (TPSA) is 41.5 Å². The first-order valence-electron chi connectivity index (χ1n) is 5.60. The van der Waals surface area contributed by atoms with Gasteiger partial charge in [0.15, 0.2) is 0 Å². The molecule has 1 rings (SSSR count). The fourth-order valence-electron chi connectivity index (χ4n) is 1.97. The SMILES string of the molecule is COCCNC(CO)c1c(C)cccc1C. The molecule has 16 heavy (non-hydrogen) atoms. The first kappa shape index (κ1) is 13.2. The first-order chi connectivity index (χ1) is 7.70. The van der Waals surface area contributed by atoms with Crippen LogP contribution in [-0.2, 0) is 4.74 Å². The van der Waals surface area contributed by atoms with Crippen LogP contribution in [-0.4, -0.2) is 32.0 Å². The third-order valence-corrected chi connectivity index (χ3v) is 2.77. The van der Waals surface area contributed by atoms with Gasteiger partial charge in [0.2, 0.25) is 0 Å². The summed E-state index contributed by atoms with van der Waals surface area (Å²) in [7, 11) is 1.68. The van der Waals surface area contributed by atoms with E-state index < -0.39 is 0 Å². The largest absolute Gasteiger partial charge is 0.394 e. The van der Waals surface area contributed by atoms with Gasteiger partial charge in [-0.25, -0.2) is 0 Å². The summed E-state index contributed by atoms with van der Waals surface area (Å²) in [6.07, 6.45) is 0. The van der Waals surface area contributed by atoms with Crippen LogP contribution in [0.25, 0.3) is 0 Å².